The number of hydrogen-bond acceptors (Lipinski definition) is 2. The summed E-state index contributed by atoms with van der Waals surface area (Å²) in [6.45, 7) is 5.40. The first kappa shape index (κ1) is 12.4. The van der Waals surface area contributed by atoms with Gasteiger partial charge < -0.3 is 10.4 Å². The summed E-state index contributed by atoms with van der Waals surface area (Å²) in [5.74, 6) is 1.52. The Morgan fingerprint density at radius 3 is 2.69 bits per heavy atom. The molecule has 2 rings (SSSR count). The van der Waals surface area contributed by atoms with Gasteiger partial charge in [0.1, 0.15) is 0 Å². The van der Waals surface area contributed by atoms with Crippen molar-refractivity contribution in [1.82, 2.24) is 5.32 Å². The molecular formula is C14H27NO. The monoisotopic (exact) mass is 225 g/mol. The minimum atomic E-state index is -0.402. The lowest BCUT2D eigenvalue weighted by atomic mass is 9.75. The zero-order valence-corrected chi connectivity index (χ0v) is 10.8. The summed E-state index contributed by atoms with van der Waals surface area (Å²) in [6.07, 6.45) is 8.46. The molecule has 0 aromatic rings. The molecule has 0 radical (unpaired) electrons. The molecule has 2 heteroatoms. The third-order valence-corrected chi connectivity index (χ3v) is 4.03. The normalized spacial score (nSPS) is 35.6. The van der Waals surface area contributed by atoms with Crippen LogP contribution in [0.3, 0.4) is 0 Å². The van der Waals surface area contributed by atoms with Crippen LogP contribution in [0.4, 0.5) is 0 Å². The molecule has 0 amide bonds. The van der Waals surface area contributed by atoms with Crippen molar-refractivity contribution >= 4 is 0 Å². The minimum Gasteiger partial charge on any atom is -0.389 e. The summed E-state index contributed by atoms with van der Waals surface area (Å²) in [4.78, 5) is 0. The molecule has 94 valence electrons. The van der Waals surface area contributed by atoms with Crippen LogP contribution >= 0.6 is 0 Å². The lowest BCUT2D eigenvalue weighted by Crippen LogP contribution is -2.45. The lowest BCUT2D eigenvalue weighted by Gasteiger charge is -2.37. The van der Waals surface area contributed by atoms with Gasteiger partial charge in [0.05, 0.1) is 5.60 Å². The fourth-order valence-electron chi connectivity index (χ4n) is 3.11. The fraction of sp³-hybridized carbons (Fsp3) is 1.00. The van der Waals surface area contributed by atoms with Gasteiger partial charge in [-0.15, -0.1) is 0 Å². The summed E-state index contributed by atoms with van der Waals surface area (Å²) < 4.78 is 0. The predicted octanol–water partition coefficient (Wildman–Crippen LogP) is 2.71. The van der Waals surface area contributed by atoms with E-state index in [4.69, 9.17) is 0 Å². The summed E-state index contributed by atoms with van der Waals surface area (Å²) in [5, 5.41) is 14.1. The van der Waals surface area contributed by atoms with E-state index in [-0.39, 0.29) is 0 Å². The molecule has 16 heavy (non-hydrogen) atoms. The molecule has 2 nitrogen and oxygen atoms in total. The van der Waals surface area contributed by atoms with Crippen LogP contribution in [-0.4, -0.2) is 23.3 Å². The summed E-state index contributed by atoms with van der Waals surface area (Å²) in [6, 6.07) is 0.717. The van der Waals surface area contributed by atoms with Crippen molar-refractivity contribution in [3.8, 4) is 0 Å². The third-order valence-electron chi connectivity index (χ3n) is 4.03. The van der Waals surface area contributed by atoms with E-state index >= 15 is 0 Å². The number of hydrogen-bond donors (Lipinski definition) is 2. The maximum Gasteiger partial charge on any atom is 0.0774 e. The molecule has 0 aromatic carbocycles. The molecule has 2 aliphatic rings. The topological polar surface area (TPSA) is 32.3 Å². The highest BCUT2D eigenvalue weighted by molar-refractivity contribution is 4.91. The van der Waals surface area contributed by atoms with Crippen LogP contribution in [0.5, 0.6) is 0 Å². The van der Waals surface area contributed by atoms with E-state index in [1.165, 1.54) is 32.1 Å². The van der Waals surface area contributed by atoms with Crippen LogP contribution in [0.1, 0.15) is 58.8 Å². The smallest absolute Gasteiger partial charge is 0.0774 e. The Balaban J connectivity index is 1.78. The van der Waals surface area contributed by atoms with Crippen LogP contribution in [-0.2, 0) is 0 Å². The van der Waals surface area contributed by atoms with Gasteiger partial charge in [0.15, 0.2) is 0 Å². The van der Waals surface area contributed by atoms with Gasteiger partial charge in [-0.05, 0) is 43.9 Å². The summed E-state index contributed by atoms with van der Waals surface area (Å²) >= 11 is 0. The highest BCUT2D eigenvalue weighted by Crippen LogP contribution is 2.36. The Morgan fingerprint density at radius 2 is 2.06 bits per heavy atom. The quantitative estimate of drug-likeness (QED) is 0.754. The molecule has 0 aromatic heterocycles. The largest absolute Gasteiger partial charge is 0.389 e. The first-order valence-corrected chi connectivity index (χ1v) is 7.03. The molecule has 2 atom stereocenters. The van der Waals surface area contributed by atoms with Crippen molar-refractivity contribution in [3.63, 3.8) is 0 Å². The second-order valence-electron chi connectivity index (χ2n) is 6.47. The van der Waals surface area contributed by atoms with Crippen LogP contribution in [0.25, 0.3) is 0 Å². The van der Waals surface area contributed by atoms with Crippen LogP contribution in [0.2, 0.25) is 0 Å². The standard InChI is InChI=1S/C14H27NO/c1-11(2)8-12-4-3-7-14(16,9-12)10-15-13-5-6-13/h11-13,15-16H,3-10H2,1-2H3. The van der Waals surface area contributed by atoms with E-state index in [0.29, 0.717) is 0 Å². The first-order valence-electron chi connectivity index (χ1n) is 7.03. The van der Waals surface area contributed by atoms with Gasteiger partial charge in [0, 0.05) is 12.6 Å². The van der Waals surface area contributed by atoms with Crippen molar-refractivity contribution in [3.05, 3.63) is 0 Å². The van der Waals surface area contributed by atoms with E-state index < -0.39 is 5.60 Å². The van der Waals surface area contributed by atoms with Gasteiger partial charge in [-0.1, -0.05) is 26.7 Å². The Kier molecular flexibility index (Phi) is 3.91. The third kappa shape index (κ3) is 3.74. The molecule has 2 N–H and O–H groups in total. The van der Waals surface area contributed by atoms with E-state index in [2.05, 4.69) is 19.2 Å². The van der Waals surface area contributed by atoms with E-state index in [0.717, 1.165) is 37.3 Å². The number of nitrogens with one attached hydrogen (secondary N) is 1. The second kappa shape index (κ2) is 5.05. The molecule has 2 saturated carbocycles. The highest BCUT2D eigenvalue weighted by Gasteiger charge is 2.35. The van der Waals surface area contributed by atoms with Crippen molar-refractivity contribution in [2.45, 2.75) is 70.4 Å². The average Bonchev–Trinajstić information content (AvgIpc) is 2.97. The Labute approximate surface area is 99.8 Å². The van der Waals surface area contributed by atoms with Crippen molar-refractivity contribution in [2.75, 3.05) is 6.54 Å². The van der Waals surface area contributed by atoms with E-state index in [1.54, 1.807) is 0 Å². The van der Waals surface area contributed by atoms with Gasteiger partial charge in [0.2, 0.25) is 0 Å². The molecule has 2 unspecified atom stereocenters. The average molecular weight is 225 g/mol. The van der Waals surface area contributed by atoms with Crippen molar-refractivity contribution in [2.24, 2.45) is 11.8 Å². The van der Waals surface area contributed by atoms with E-state index in [9.17, 15) is 5.11 Å². The molecular weight excluding hydrogens is 198 g/mol. The van der Waals surface area contributed by atoms with Gasteiger partial charge in [0.25, 0.3) is 0 Å². The SMILES string of the molecule is CC(C)CC1CCCC(O)(CNC2CC2)C1. The zero-order valence-electron chi connectivity index (χ0n) is 10.8. The second-order valence-corrected chi connectivity index (χ2v) is 6.47. The Morgan fingerprint density at radius 1 is 1.31 bits per heavy atom. The predicted molar refractivity (Wildman–Crippen MR) is 67.4 cm³/mol. The molecule has 2 fully saturated rings. The summed E-state index contributed by atoms with van der Waals surface area (Å²) in [5.41, 5.74) is -0.402. The molecule has 0 bridgehead atoms. The number of rotatable bonds is 5. The van der Waals surface area contributed by atoms with Crippen LogP contribution < -0.4 is 5.32 Å². The van der Waals surface area contributed by atoms with Gasteiger partial charge in [-0.25, -0.2) is 0 Å². The number of aliphatic hydroxyl groups is 1. The van der Waals surface area contributed by atoms with Crippen LogP contribution in [0, 0.1) is 11.8 Å². The molecule has 0 heterocycles. The maximum atomic E-state index is 10.6. The summed E-state index contributed by atoms with van der Waals surface area (Å²) in [7, 11) is 0. The first-order chi connectivity index (χ1) is 7.57. The molecule has 0 saturated heterocycles. The van der Waals surface area contributed by atoms with Crippen molar-refractivity contribution in [1.29, 1.82) is 0 Å². The van der Waals surface area contributed by atoms with E-state index in [1.807, 2.05) is 0 Å². The molecule has 0 spiro atoms. The zero-order chi connectivity index (χ0) is 11.6. The van der Waals surface area contributed by atoms with Gasteiger partial charge >= 0.3 is 0 Å². The maximum absolute atomic E-state index is 10.6. The van der Waals surface area contributed by atoms with Crippen LogP contribution in [0.15, 0.2) is 0 Å². The molecule has 2 aliphatic carbocycles. The van der Waals surface area contributed by atoms with Gasteiger partial charge in [-0.3, -0.25) is 0 Å². The van der Waals surface area contributed by atoms with Gasteiger partial charge in [-0.2, -0.15) is 0 Å². The molecule has 0 aliphatic heterocycles. The highest BCUT2D eigenvalue weighted by atomic mass is 16.3. The fourth-order valence-corrected chi connectivity index (χ4v) is 3.11. The van der Waals surface area contributed by atoms with Crippen molar-refractivity contribution < 1.29 is 5.11 Å². The Bertz CT molecular complexity index is 225. The lowest BCUT2D eigenvalue weighted by molar-refractivity contribution is -0.0184. The Hall–Kier alpha value is -0.0800. The minimum absolute atomic E-state index is 0.402.